The topological polar surface area (TPSA) is 73.9 Å². The molecular formula is C18H26N4O. The number of nitrogens with two attached hydrogens (primary N) is 1. The van der Waals surface area contributed by atoms with Gasteiger partial charge in [0.2, 0.25) is 0 Å². The molecule has 0 unspecified atom stereocenters. The minimum Gasteiger partial charge on any atom is -0.491 e. The van der Waals surface area contributed by atoms with Gasteiger partial charge < -0.3 is 10.5 Å². The number of nitrogens with zero attached hydrogens (tertiary/aromatic N) is 3. The standard InChI is InChI=1S/C18H26N4O/c1-12(10-18(4,5)19)11-23-17-7-6-15(21-13(17)2)16-8-9-20-14(3)22-16/h6-9,12H,10-11,19H2,1-5H3/t12-/m0/s1. The Hall–Kier alpha value is -2.01. The van der Waals surface area contributed by atoms with E-state index >= 15 is 0 Å². The Morgan fingerprint density at radius 1 is 1.13 bits per heavy atom. The van der Waals surface area contributed by atoms with Gasteiger partial charge in [-0.1, -0.05) is 6.92 Å². The van der Waals surface area contributed by atoms with E-state index in [1.54, 1.807) is 6.20 Å². The summed E-state index contributed by atoms with van der Waals surface area (Å²) in [4.78, 5) is 13.1. The summed E-state index contributed by atoms with van der Waals surface area (Å²) in [5, 5.41) is 0. The van der Waals surface area contributed by atoms with Crippen LogP contribution in [-0.4, -0.2) is 27.1 Å². The zero-order valence-electron chi connectivity index (χ0n) is 14.6. The summed E-state index contributed by atoms with van der Waals surface area (Å²) < 4.78 is 5.91. The molecule has 0 bridgehead atoms. The molecule has 0 saturated heterocycles. The van der Waals surface area contributed by atoms with Crippen molar-refractivity contribution in [2.75, 3.05) is 6.61 Å². The number of aromatic nitrogens is 3. The van der Waals surface area contributed by atoms with Gasteiger partial charge in [-0.05, 0) is 58.2 Å². The van der Waals surface area contributed by atoms with Crippen molar-refractivity contribution in [3.8, 4) is 17.1 Å². The third-order valence-electron chi connectivity index (χ3n) is 3.47. The van der Waals surface area contributed by atoms with Gasteiger partial charge in [-0.3, -0.25) is 0 Å². The SMILES string of the molecule is Cc1nccc(-c2ccc(OC[C@@H](C)CC(C)(C)N)c(C)n2)n1. The lowest BCUT2D eigenvalue weighted by Gasteiger charge is -2.23. The molecular weight excluding hydrogens is 288 g/mol. The number of ether oxygens (including phenoxy) is 1. The fraction of sp³-hybridized carbons (Fsp3) is 0.500. The molecule has 5 heteroatoms. The molecule has 0 aliphatic carbocycles. The van der Waals surface area contributed by atoms with E-state index in [1.165, 1.54) is 0 Å². The zero-order valence-corrected chi connectivity index (χ0v) is 14.6. The number of rotatable bonds is 6. The molecule has 0 saturated carbocycles. The Balaban J connectivity index is 2.05. The maximum atomic E-state index is 6.05. The predicted molar refractivity (Wildman–Crippen MR) is 92.3 cm³/mol. The second-order valence-electron chi connectivity index (χ2n) is 6.88. The molecule has 0 fully saturated rings. The number of pyridine rings is 1. The Morgan fingerprint density at radius 3 is 2.43 bits per heavy atom. The average Bonchev–Trinajstić information content (AvgIpc) is 2.44. The fourth-order valence-corrected chi connectivity index (χ4v) is 2.63. The van der Waals surface area contributed by atoms with Crippen LogP contribution in [0.3, 0.4) is 0 Å². The first-order chi connectivity index (χ1) is 10.7. The lowest BCUT2D eigenvalue weighted by Crippen LogP contribution is -2.35. The lowest BCUT2D eigenvalue weighted by atomic mass is 9.93. The summed E-state index contributed by atoms with van der Waals surface area (Å²) in [7, 11) is 0. The van der Waals surface area contributed by atoms with Gasteiger partial charge in [0, 0.05) is 11.7 Å². The van der Waals surface area contributed by atoms with E-state index in [4.69, 9.17) is 10.5 Å². The van der Waals surface area contributed by atoms with Crippen molar-refractivity contribution in [1.82, 2.24) is 15.0 Å². The van der Waals surface area contributed by atoms with E-state index < -0.39 is 0 Å². The third kappa shape index (κ3) is 5.28. The third-order valence-corrected chi connectivity index (χ3v) is 3.47. The molecule has 0 aliphatic rings. The maximum Gasteiger partial charge on any atom is 0.140 e. The van der Waals surface area contributed by atoms with Gasteiger partial charge in [0.25, 0.3) is 0 Å². The van der Waals surface area contributed by atoms with Crippen LogP contribution in [0.15, 0.2) is 24.4 Å². The molecule has 0 radical (unpaired) electrons. The zero-order chi connectivity index (χ0) is 17.0. The van der Waals surface area contributed by atoms with Gasteiger partial charge in [0.15, 0.2) is 0 Å². The molecule has 0 spiro atoms. The predicted octanol–water partition coefficient (Wildman–Crippen LogP) is 3.30. The Bertz CT molecular complexity index is 664. The summed E-state index contributed by atoms with van der Waals surface area (Å²) in [5.41, 5.74) is 8.39. The van der Waals surface area contributed by atoms with Crippen molar-refractivity contribution in [1.29, 1.82) is 0 Å². The van der Waals surface area contributed by atoms with Gasteiger partial charge in [-0.15, -0.1) is 0 Å². The summed E-state index contributed by atoms with van der Waals surface area (Å²) >= 11 is 0. The van der Waals surface area contributed by atoms with E-state index in [9.17, 15) is 0 Å². The summed E-state index contributed by atoms with van der Waals surface area (Å²) in [6.45, 7) is 10.7. The van der Waals surface area contributed by atoms with Crippen molar-refractivity contribution in [2.45, 2.75) is 46.6 Å². The van der Waals surface area contributed by atoms with Gasteiger partial charge in [-0.25, -0.2) is 15.0 Å². The Morgan fingerprint density at radius 2 is 1.83 bits per heavy atom. The second kappa shape index (κ2) is 7.04. The number of hydrogen-bond donors (Lipinski definition) is 1. The van der Waals surface area contributed by atoms with Gasteiger partial charge in [0.1, 0.15) is 11.6 Å². The van der Waals surface area contributed by atoms with E-state index in [1.807, 2.05) is 45.9 Å². The van der Waals surface area contributed by atoms with Crippen molar-refractivity contribution in [2.24, 2.45) is 11.7 Å². The van der Waals surface area contributed by atoms with Crippen LogP contribution in [-0.2, 0) is 0 Å². The molecule has 1 atom stereocenters. The van der Waals surface area contributed by atoms with Crippen LogP contribution in [0.5, 0.6) is 5.75 Å². The summed E-state index contributed by atoms with van der Waals surface area (Å²) in [5.74, 6) is 1.93. The minimum atomic E-state index is -0.176. The first kappa shape index (κ1) is 17.3. The van der Waals surface area contributed by atoms with Crippen molar-refractivity contribution >= 4 is 0 Å². The van der Waals surface area contributed by atoms with E-state index in [0.717, 1.165) is 35.1 Å². The van der Waals surface area contributed by atoms with Gasteiger partial charge in [-0.2, -0.15) is 0 Å². The van der Waals surface area contributed by atoms with Crippen LogP contribution in [0.25, 0.3) is 11.4 Å². The van der Waals surface area contributed by atoms with Crippen LogP contribution in [0, 0.1) is 19.8 Å². The van der Waals surface area contributed by atoms with Crippen LogP contribution in [0.2, 0.25) is 0 Å². The lowest BCUT2D eigenvalue weighted by molar-refractivity contribution is 0.227. The van der Waals surface area contributed by atoms with Crippen LogP contribution < -0.4 is 10.5 Å². The minimum absolute atomic E-state index is 0.176. The Labute approximate surface area is 138 Å². The molecule has 2 heterocycles. The smallest absolute Gasteiger partial charge is 0.140 e. The molecule has 2 N–H and O–H groups in total. The van der Waals surface area contributed by atoms with E-state index in [0.29, 0.717) is 12.5 Å². The molecule has 2 aromatic rings. The highest BCUT2D eigenvalue weighted by atomic mass is 16.5. The van der Waals surface area contributed by atoms with Crippen LogP contribution in [0.1, 0.15) is 38.7 Å². The first-order valence-electron chi connectivity index (χ1n) is 7.94. The second-order valence-corrected chi connectivity index (χ2v) is 6.88. The van der Waals surface area contributed by atoms with Gasteiger partial charge in [0.05, 0.1) is 23.7 Å². The fourth-order valence-electron chi connectivity index (χ4n) is 2.63. The van der Waals surface area contributed by atoms with Crippen molar-refractivity contribution in [3.63, 3.8) is 0 Å². The Kier molecular flexibility index (Phi) is 5.31. The number of hydrogen-bond acceptors (Lipinski definition) is 5. The molecule has 0 amide bonds. The highest BCUT2D eigenvalue weighted by Crippen LogP contribution is 2.23. The summed E-state index contributed by atoms with van der Waals surface area (Å²) in [6, 6.07) is 5.75. The van der Waals surface area contributed by atoms with Gasteiger partial charge >= 0.3 is 0 Å². The van der Waals surface area contributed by atoms with Crippen LogP contribution >= 0.6 is 0 Å². The normalized spacial score (nSPS) is 13.0. The summed E-state index contributed by atoms with van der Waals surface area (Å²) in [6.07, 6.45) is 2.66. The largest absolute Gasteiger partial charge is 0.491 e. The first-order valence-corrected chi connectivity index (χ1v) is 7.94. The van der Waals surface area contributed by atoms with Crippen molar-refractivity contribution < 1.29 is 4.74 Å². The van der Waals surface area contributed by atoms with Crippen molar-refractivity contribution in [3.05, 3.63) is 35.9 Å². The quantitative estimate of drug-likeness (QED) is 0.885. The molecule has 0 aliphatic heterocycles. The molecule has 5 nitrogen and oxygen atoms in total. The number of aryl methyl sites for hydroxylation is 2. The molecule has 2 rings (SSSR count). The maximum absolute atomic E-state index is 6.05. The molecule has 23 heavy (non-hydrogen) atoms. The highest BCUT2D eigenvalue weighted by Gasteiger charge is 2.16. The van der Waals surface area contributed by atoms with E-state index in [-0.39, 0.29) is 5.54 Å². The molecule has 0 aromatic carbocycles. The highest BCUT2D eigenvalue weighted by molar-refractivity contribution is 5.55. The molecule has 2 aromatic heterocycles. The van der Waals surface area contributed by atoms with Crippen LogP contribution in [0.4, 0.5) is 0 Å². The average molecular weight is 314 g/mol. The van der Waals surface area contributed by atoms with E-state index in [2.05, 4.69) is 21.9 Å². The molecule has 124 valence electrons. The monoisotopic (exact) mass is 314 g/mol.